The number of ether oxygens (including phenoxy) is 1. The molecule has 136 valence electrons. The Labute approximate surface area is 153 Å². The lowest BCUT2D eigenvalue weighted by Crippen LogP contribution is -2.32. The molecule has 1 aliphatic heterocycles. The Morgan fingerprint density at radius 3 is 2.23 bits per heavy atom. The highest BCUT2D eigenvalue weighted by Gasteiger charge is 2.59. The number of carbonyl (C=O) groups is 3. The van der Waals surface area contributed by atoms with Crippen LogP contribution in [-0.4, -0.2) is 24.4 Å². The third-order valence-corrected chi connectivity index (χ3v) is 5.81. The van der Waals surface area contributed by atoms with Gasteiger partial charge in [-0.3, -0.25) is 14.5 Å². The standard InChI is InChI=1S/C21H23NO4/c1-2-3-4-11-26-21(25)13-7-9-16(10-8-13)22-19(23)17-14-5-6-15(12-14)18(17)20(22)24/h5-10,14-15,17-18H,2-4,11-12H2,1H3/t14-,15-,17+,18+/m0/s1. The van der Waals surface area contributed by atoms with E-state index in [1.54, 1.807) is 24.3 Å². The van der Waals surface area contributed by atoms with Gasteiger partial charge in [-0.1, -0.05) is 31.9 Å². The molecule has 0 spiro atoms. The van der Waals surface area contributed by atoms with E-state index in [4.69, 9.17) is 4.74 Å². The molecule has 0 aromatic heterocycles. The molecule has 2 amide bonds. The van der Waals surface area contributed by atoms with Crippen LogP contribution in [-0.2, 0) is 14.3 Å². The van der Waals surface area contributed by atoms with E-state index in [-0.39, 0.29) is 41.5 Å². The summed E-state index contributed by atoms with van der Waals surface area (Å²) in [5.41, 5.74) is 0.975. The van der Waals surface area contributed by atoms with E-state index in [0.29, 0.717) is 17.9 Å². The van der Waals surface area contributed by atoms with Gasteiger partial charge in [-0.25, -0.2) is 4.79 Å². The molecule has 1 saturated heterocycles. The molecule has 0 N–H and O–H groups in total. The highest BCUT2D eigenvalue weighted by Crippen LogP contribution is 2.53. The van der Waals surface area contributed by atoms with Crippen molar-refractivity contribution < 1.29 is 19.1 Å². The summed E-state index contributed by atoms with van der Waals surface area (Å²) in [6, 6.07) is 6.57. The Kier molecular flexibility index (Phi) is 4.39. The fourth-order valence-electron chi connectivity index (χ4n) is 4.50. The number of anilines is 1. The highest BCUT2D eigenvalue weighted by atomic mass is 16.5. The second-order valence-corrected chi connectivity index (χ2v) is 7.40. The maximum absolute atomic E-state index is 12.8. The number of nitrogens with zero attached hydrogens (tertiary/aromatic N) is 1. The number of carbonyl (C=O) groups excluding carboxylic acids is 3. The van der Waals surface area contributed by atoms with E-state index >= 15 is 0 Å². The number of esters is 1. The molecule has 2 bridgehead atoms. The van der Waals surface area contributed by atoms with Gasteiger partial charge in [-0.05, 0) is 48.9 Å². The van der Waals surface area contributed by atoms with Gasteiger partial charge in [0.25, 0.3) is 0 Å². The summed E-state index contributed by atoms with van der Waals surface area (Å²) in [6.07, 6.45) is 8.05. The summed E-state index contributed by atoms with van der Waals surface area (Å²) in [5.74, 6) is -0.599. The molecule has 4 atom stereocenters. The molecule has 1 aromatic carbocycles. The second-order valence-electron chi connectivity index (χ2n) is 7.40. The van der Waals surface area contributed by atoms with Crippen LogP contribution < -0.4 is 4.90 Å². The van der Waals surface area contributed by atoms with Gasteiger partial charge in [0.05, 0.1) is 29.7 Å². The molecular weight excluding hydrogens is 330 g/mol. The molecule has 0 unspecified atom stereocenters. The largest absolute Gasteiger partial charge is 0.462 e. The van der Waals surface area contributed by atoms with Crippen LogP contribution >= 0.6 is 0 Å². The Bertz CT molecular complexity index is 737. The Hall–Kier alpha value is -2.43. The molecule has 1 saturated carbocycles. The zero-order valence-electron chi connectivity index (χ0n) is 14.9. The van der Waals surface area contributed by atoms with Crippen molar-refractivity contribution in [2.75, 3.05) is 11.5 Å². The van der Waals surface area contributed by atoms with E-state index in [1.165, 1.54) is 4.90 Å². The van der Waals surface area contributed by atoms with Gasteiger partial charge in [0.1, 0.15) is 0 Å². The number of allylic oxidation sites excluding steroid dienone is 2. The summed E-state index contributed by atoms with van der Waals surface area (Å²) in [5, 5.41) is 0. The Morgan fingerprint density at radius 1 is 1.04 bits per heavy atom. The quantitative estimate of drug-likeness (QED) is 0.340. The minimum Gasteiger partial charge on any atom is -0.462 e. The van der Waals surface area contributed by atoms with Gasteiger partial charge in [0, 0.05) is 0 Å². The predicted octanol–water partition coefficient (Wildman–Crippen LogP) is 3.35. The number of rotatable bonds is 6. The van der Waals surface area contributed by atoms with E-state index in [2.05, 4.69) is 19.1 Å². The first-order valence-electron chi connectivity index (χ1n) is 9.45. The van der Waals surface area contributed by atoms with Crippen LogP contribution in [0.15, 0.2) is 36.4 Å². The molecule has 0 radical (unpaired) electrons. The minimum atomic E-state index is -0.370. The monoisotopic (exact) mass is 353 g/mol. The Morgan fingerprint density at radius 2 is 1.65 bits per heavy atom. The number of fused-ring (bicyclic) bond motifs is 5. The molecule has 5 heteroatoms. The first kappa shape index (κ1) is 17.0. The van der Waals surface area contributed by atoms with Crippen LogP contribution in [0.4, 0.5) is 5.69 Å². The average Bonchev–Trinajstić information content (AvgIpc) is 3.33. The van der Waals surface area contributed by atoms with Crippen LogP contribution in [0.25, 0.3) is 0 Å². The van der Waals surface area contributed by atoms with E-state index < -0.39 is 0 Å². The van der Waals surface area contributed by atoms with Crippen LogP contribution in [0.3, 0.4) is 0 Å². The summed E-state index contributed by atoms with van der Waals surface area (Å²) in [7, 11) is 0. The van der Waals surface area contributed by atoms with Crippen LogP contribution in [0.5, 0.6) is 0 Å². The summed E-state index contributed by atoms with van der Waals surface area (Å²) >= 11 is 0. The van der Waals surface area contributed by atoms with Gasteiger partial charge < -0.3 is 4.74 Å². The topological polar surface area (TPSA) is 63.7 Å². The van der Waals surface area contributed by atoms with E-state index in [0.717, 1.165) is 25.7 Å². The zero-order valence-corrected chi connectivity index (χ0v) is 14.9. The van der Waals surface area contributed by atoms with Crippen molar-refractivity contribution in [3.8, 4) is 0 Å². The molecule has 26 heavy (non-hydrogen) atoms. The maximum Gasteiger partial charge on any atom is 0.338 e. The van der Waals surface area contributed by atoms with Crippen molar-refractivity contribution >= 4 is 23.5 Å². The average molecular weight is 353 g/mol. The smallest absolute Gasteiger partial charge is 0.338 e. The van der Waals surface area contributed by atoms with Crippen LogP contribution in [0, 0.1) is 23.7 Å². The van der Waals surface area contributed by atoms with Crippen LogP contribution in [0.2, 0.25) is 0 Å². The van der Waals surface area contributed by atoms with Crippen molar-refractivity contribution in [3.05, 3.63) is 42.0 Å². The molecule has 1 aromatic rings. The van der Waals surface area contributed by atoms with Gasteiger partial charge in [0.2, 0.25) is 11.8 Å². The molecular formula is C21H23NO4. The minimum absolute atomic E-state index is 0.105. The van der Waals surface area contributed by atoms with E-state index in [9.17, 15) is 14.4 Å². The summed E-state index contributed by atoms with van der Waals surface area (Å²) in [6.45, 7) is 2.51. The normalized spacial score (nSPS) is 28.7. The molecule has 4 rings (SSSR count). The van der Waals surface area contributed by atoms with Gasteiger partial charge in [-0.2, -0.15) is 0 Å². The van der Waals surface area contributed by atoms with Crippen molar-refractivity contribution in [3.63, 3.8) is 0 Å². The summed E-state index contributed by atoms with van der Waals surface area (Å²) in [4.78, 5) is 38.9. The number of hydrogen-bond acceptors (Lipinski definition) is 4. The first-order valence-corrected chi connectivity index (χ1v) is 9.45. The molecule has 2 aliphatic carbocycles. The predicted molar refractivity (Wildman–Crippen MR) is 96.5 cm³/mol. The molecule has 1 heterocycles. The fraction of sp³-hybridized carbons (Fsp3) is 0.476. The van der Waals surface area contributed by atoms with Gasteiger partial charge in [-0.15, -0.1) is 0 Å². The van der Waals surface area contributed by atoms with E-state index in [1.807, 2.05) is 0 Å². The second kappa shape index (κ2) is 6.71. The number of imide groups is 1. The molecule has 2 fully saturated rings. The van der Waals surface area contributed by atoms with Crippen molar-refractivity contribution in [2.24, 2.45) is 23.7 Å². The van der Waals surface area contributed by atoms with Crippen molar-refractivity contribution in [1.82, 2.24) is 0 Å². The SMILES string of the molecule is CCCCCOC(=O)c1ccc(N2C(=O)[C@H]3[C@H](C2=O)[C@H]2C=C[C@H]3C2)cc1. The lowest BCUT2D eigenvalue weighted by molar-refractivity contribution is -0.123. The molecule has 3 aliphatic rings. The van der Waals surface area contributed by atoms with Gasteiger partial charge >= 0.3 is 5.97 Å². The third-order valence-electron chi connectivity index (χ3n) is 5.81. The number of unbranched alkanes of at least 4 members (excludes halogenated alkanes) is 2. The number of benzene rings is 1. The van der Waals surface area contributed by atoms with Crippen molar-refractivity contribution in [1.29, 1.82) is 0 Å². The van der Waals surface area contributed by atoms with Gasteiger partial charge in [0.15, 0.2) is 0 Å². The third kappa shape index (κ3) is 2.66. The van der Waals surface area contributed by atoms with Crippen molar-refractivity contribution in [2.45, 2.75) is 32.6 Å². The fourth-order valence-corrected chi connectivity index (χ4v) is 4.50. The van der Waals surface area contributed by atoms with Crippen LogP contribution in [0.1, 0.15) is 43.0 Å². The number of hydrogen-bond donors (Lipinski definition) is 0. The highest BCUT2D eigenvalue weighted by molar-refractivity contribution is 6.22. The zero-order chi connectivity index (χ0) is 18.3. The lowest BCUT2D eigenvalue weighted by Gasteiger charge is -2.17. The summed E-state index contributed by atoms with van der Waals surface area (Å²) < 4.78 is 5.24. The first-order chi connectivity index (χ1) is 12.6. The molecule has 5 nitrogen and oxygen atoms in total. The maximum atomic E-state index is 12.8. The lowest BCUT2D eigenvalue weighted by atomic mass is 9.85. The number of amides is 2. The Balaban J connectivity index is 1.45.